The Kier molecular flexibility index (Phi) is 28.6. The summed E-state index contributed by atoms with van der Waals surface area (Å²) >= 11 is 0. The summed E-state index contributed by atoms with van der Waals surface area (Å²) in [6, 6.07) is 0. The first-order chi connectivity index (χ1) is 22.0. The number of carbonyl (C=O) groups is 2. The molecular weight excluding hydrogens is 608 g/mol. The zero-order valence-corrected chi connectivity index (χ0v) is 28.7. The van der Waals surface area contributed by atoms with E-state index in [0.717, 1.165) is 77.3 Å². The van der Waals surface area contributed by atoms with Crippen molar-refractivity contribution < 1.29 is 35.9 Å². The molecule has 11 heteroatoms. The molecule has 0 saturated carbocycles. The van der Waals surface area contributed by atoms with Crippen LogP contribution in [-0.2, 0) is 9.59 Å². The van der Waals surface area contributed by atoms with Gasteiger partial charge in [0, 0.05) is 13.1 Å². The summed E-state index contributed by atoms with van der Waals surface area (Å²) in [4.78, 5) is 21.7. The van der Waals surface area contributed by atoms with Crippen LogP contribution in [0.3, 0.4) is 0 Å². The van der Waals surface area contributed by atoms with Gasteiger partial charge in [-0.15, -0.1) is 0 Å². The molecular formula is C35H65F6N3O2. The molecule has 0 rings (SSSR count). The van der Waals surface area contributed by atoms with Crippen LogP contribution >= 0.6 is 0 Å². The van der Waals surface area contributed by atoms with Crippen molar-refractivity contribution in [1.82, 2.24) is 16.0 Å². The van der Waals surface area contributed by atoms with Crippen LogP contribution in [0.25, 0.3) is 0 Å². The number of unbranched alkanes of at least 4 members (excludes halogenated alkanes) is 18. The van der Waals surface area contributed by atoms with Gasteiger partial charge in [0.25, 0.3) is 0 Å². The molecule has 0 aliphatic heterocycles. The zero-order valence-electron chi connectivity index (χ0n) is 28.7. The van der Waals surface area contributed by atoms with Crippen LogP contribution in [-0.4, -0.2) is 50.3 Å². The number of hydrogen-bond donors (Lipinski definition) is 3. The third kappa shape index (κ3) is 29.9. The molecule has 0 aliphatic carbocycles. The molecule has 1 atom stereocenters. The number of carbonyl (C=O) groups excluding carboxylic acids is 2. The molecule has 2 amide bonds. The molecule has 0 spiro atoms. The Labute approximate surface area is 275 Å². The van der Waals surface area contributed by atoms with E-state index in [2.05, 4.69) is 12.2 Å². The average Bonchev–Trinajstić information content (AvgIpc) is 2.99. The van der Waals surface area contributed by atoms with Crippen molar-refractivity contribution in [3.05, 3.63) is 0 Å². The number of hydrogen-bond acceptors (Lipinski definition) is 3. The van der Waals surface area contributed by atoms with E-state index >= 15 is 0 Å². The Hall–Kier alpha value is -1.52. The fraction of sp³-hybridized carbons (Fsp3) is 0.943. The Morgan fingerprint density at radius 2 is 0.717 bits per heavy atom. The van der Waals surface area contributed by atoms with E-state index in [4.69, 9.17) is 0 Å². The lowest BCUT2D eigenvalue weighted by atomic mass is 9.89. The summed E-state index contributed by atoms with van der Waals surface area (Å²) in [5.74, 6) is -3.07. The predicted molar refractivity (Wildman–Crippen MR) is 176 cm³/mol. The Morgan fingerprint density at radius 3 is 1.04 bits per heavy atom. The SMILES string of the molecule is CCCCCCCCNCCCCCCCC(CCCCCCCCNC(=O)C(F)(F)F)CCCCCCCNC(=O)C(F)(F)F. The van der Waals surface area contributed by atoms with E-state index in [1.54, 1.807) is 0 Å². The van der Waals surface area contributed by atoms with Gasteiger partial charge in [-0.05, 0) is 44.7 Å². The summed E-state index contributed by atoms with van der Waals surface area (Å²) in [7, 11) is 0. The van der Waals surface area contributed by atoms with Crippen LogP contribution in [0.2, 0.25) is 0 Å². The Bertz CT molecular complexity index is 719. The van der Waals surface area contributed by atoms with E-state index in [1.165, 1.54) is 83.5 Å². The zero-order chi connectivity index (χ0) is 34.4. The lowest BCUT2D eigenvalue weighted by Crippen LogP contribution is -2.37. The van der Waals surface area contributed by atoms with Gasteiger partial charge in [0.15, 0.2) is 0 Å². The van der Waals surface area contributed by atoms with Crippen LogP contribution < -0.4 is 16.0 Å². The van der Waals surface area contributed by atoms with E-state index in [-0.39, 0.29) is 13.1 Å². The molecule has 0 fully saturated rings. The number of halogens is 6. The molecule has 0 saturated heterocycles. The normalized spacial score (nSPS) is 12.8. The quantitative estimate of drug-likeness (QED) is 0.0492. The lowest BCUT2D eigenvalue weighted by Gasteiger charge is -2.17. The standard InChI is InChI=1S/C35H65F6N3O2/c1-2-3-4-5-13-20-27-42-28-21-14-8-11-18-25-31(26-19-12-9-16-23-30-44-33(46)35(39,40)41)24-17-10-6-7-15-22-29-43-32(45)34(36,37)38/h31,42H,2-30H2,1H3,(H,43,45)(H,44,46). The molecule has 0 aromatic rings. The smallest absolute Gasteiger partial charge is 0.348 e. The van der Waals surface area contributed by atoms with E-state index in [9.17, 15) is 35.9 Å². The van der Waals surface area contributed by atoms with Crippen LogP contribution in [0.5, 0.6) is 0 Å². The molecule has 0 aliphatic rings. The van der Waals surface area contributed by atoms with Crippen molar-refractivity contribution in [1.29, 1.82) is 0 Å². The molecule has 5 nitrogen and oxygen atoms in total. The van der Waals surface area contributed by atoms with E-state index in [1.807, 2.05) is 10.6 Å². The van der Waals surface area contributed by atoms with Crippen molar-refractivity contribution >= 4 is 11.8 Å². The van der Waals surface area contributed by atoms with Crippen molar-refractivity contribution in [2.45, 2.75) is 180 Å². The van der Waals surface area contributed by atoms with Crippen LogP contribution in [0.4, 0.5) is 26.3 Å². The minimum Gasteiger partial charge on any atom is -0.348 e. The maximum Gasteiger partial charge on any atom is 0.471 e. The van der Waals surface area contributed by atoms with E-state index < -0.39 is 24.2 Å². The first-order valence-electron chi connectivity index (χ1n) is 18.4. The Morgan fingerprint density at radius 1 is 0.435 bits per heavy atom. The summed E-state index contributed by atoms with van der Waals surface area (Å²) in [5.41, 5.74) is 0. The molecule has 46 heavy (non-hydrogen) atoms. The topological polar surface area (TPSA) is 70.2 Å². The van der Waals surface area contributed by atoms with Gasteiger partial charge in [-0.3, -0.25) is 9.59 Å². The fourth-order valence-corrected chi connectivity index (χ4v) is 5.76. The highest BCUT2D eigenvalue weighted by atomic mass is 19.4. The Balaban J connectivity index is 4.08. The highest BCUT2D eigenvalue weighted by Gasteiger charge is 2.38. The third-order valence-electron chi connectivity index (χ3n) is 8.59. The van der Waals surface area contributed by atoms with Gasteiger partial charge in [0.05, 0.1) is 0 Å². The van der Waals surface area contributed by atoms with Gasteiger partial charge in [-0.1, -0.05) is 142 Å². The van der Waals surface area contributed by atoms with Gasteiger partial charge in [-0.2, -0.15) is 26.3 Å². The van der Waals surface area contributed by atoms with Crippen molar-refractivity contribution in [3.8, 4) is 0 Å². The van der Waals surface area contributed by atoms with Gasteiger partial charge in [0.1, 0.15) is 0 Å². The number of nitrogens with one attached hydrogen (secondary N) is 3. The summed E-state index contributed by atoms with van der Waals surface area (Å²) < 4.78 is 73.4. The lowest BCUT2D eigenvalue weighted by molar-refractivity contribution is -0.173. The number of alkyl halides is 6. The third-order valence-corrected chi connectivity index (χ3v) is 8.59. The maximum absolute atomic E-state index is 12.2. The van der Waals surface area contributed by atoms with Gasteiger partial charge in [-0.25, -0.2) is 0 Å². The molecule has 0 heterocycles. The molecule has 0 aromatic heterocycles. The van der Waals surface area contributed by atoms with Crippen molar-refractivity contribution in [3.63, 3.8) is 0 Å². The summed E-state index contributed by atoms with van der Waals surface area (Å²) in [6.07, 6.45) is 18.1. The van der Waals surface area contributed by atoms with Crippen LogP contribution in [0.15, 0.2) is 0 Å². The van der Waals surface area contributed by atoms with Crippen LogP contribution in [0, 0.1) is 5.92 Å². The van der Waals surface area contributed by atoms with E-state index in [0.29, 0.717) is 18.8 Å². The second-order valence-electron chi connectivity index (χ2n) is 12.9. The molecule has 1 unspecified atom stereocenters. The average molecular weight is 674 g/mol. The van der Waals surface area contributed by atoms with Gasteiger partial charge < -0.3 is 16.0 Å². The summed E-state index contributed by atoms with van der Waals surface area (Å²) in [5, 5.41) is 7.42. The summed E-state index contributed by atoms with van der Waals surface area (Å²) in [6.45, 7) is 4.58. The highest BCUT2D eigenvalue weighted by molar-refractivity contribution is 5.81. The second kappa shape index (κ2) is 29.6. The molecule has 0 aromatic carbocycles. The fourth-order valence-electron chi connectivity index (χ4n) is 5.76. The van der Waals surface area contributed by atoms with Gasteiger partial charge in [0.2, 0.25) is 0 Å². The molecule has 0 radical (unpaired) electrons. The van der Waals surface area contributed by atoms with Crippen LogP contribution in [0.1, 0.15) is 167 Å². The number of rotatable bonds is 32. The molecule has 3 N–H and O–H groups in total. The van der Waals surface area contributed by atoms with Crippen molar-refractivity contribution in [2.75, 3.05) is 26.2 Å². The maximum atomic E-state index is 12.2. The first-order valence-corrected chi connectivity index (χ1v) is 18.4. The minimum absolute atomic E-state index is 0.0539. The second-order valence-corrected chi connectivity index (χ2v) is 12.9. The first kappa shape index (κ1) is 44.5. The monoisotopic (exact) mass is 673 g/mol. The largest absolute Gasteiger partial charge is 0.471 e. The minimum atomic E-state index is -4.82. The molecule has 0 bridgehead atoms. The molecule has 274 valence electrons. The van der Waals surface area contributed by atoms with Crippen molar-refractivity contribution in [2.24, 2.45) is 5.92 Å². The highest BCUT2D eigenvalue weighted by Crippen LogP contribution is 2.25. The predicted octanol–water partition coefficient (Wildman–Crippen LogP) is 10.3. The van der Waals surface area contributed by atoms with Gasteiger partial charge >= 0.3 is 24.2 Å². The number of amides is 2.